The minimum atomic E-state index is -4.42. The average molecular weight is 507 g/mol. The van der Waals surface area contributed by atoms with Crippen LogP contribution in [-0.4, -0.2) is 46.4 Å². The second-order valence-corrected chi connectivity index (χ2v) is 9.79. The summed E-state index contributed by atoms with van der Waals surface area (Å²) in [5.41, 5.74) is 2.65. The molecule has 6 nitrogen and oxygen atoms in total. The number of nitrogens with one attached hydrogen (secondary N) is 1. The highest BCUT2D eigenvalue weighted by Crippen LogP contribution is 2.38. The lowest BCUT2D eigenvalue weighted by Crippen LogP contribution is -2.46. The number of carbonyl (C=O) groups excluding carboxylic acids is 1. The second kappa shape index (κ2) is 8.92. The number of piperidine rings is 1. The molecule has 37 heavy (non-hydrogen) atoms. The Kier molecular flexibility index (Phi) is 5.67. The van der Waals surface area contributed by atoms with Crippen LogP contribution < -0.4 is 4.90 Å². The zero-order valence-electron chi connectivity index (χ0n) is 20.0. The van der Waals surface area contributed by atoms with Gasteiger partial charge in [-0.3, -0.25) is 14.9 Å². The normalized spacial score (nSPS) is 18.0. The fourth-order valence-corrected chi connectivity index (χ4v) is 5.34. The van der Waals surface area contributed by atoms with Crippen LogP contribution in [0.3, 0.4) is 0 Å². The molecule has 6 rings (SSSR count). The van der Waals surface area contributed by atoms with Crippen molar-refractivity contribution in [3.63, 3.8) is 0 Å². The lowest BCUT2D eigenvalue weighted by Gasteiger charge is -2.37. The van der Waals surface area contributed by atoms with E-state index in [4.69, 9.17) is 4.74 Å². The maximum atomic E-state index is 13.6. The van der Waals surface area contributed by atoms with Crippen LogP contribution in [0.2, 0.25) is 0 Å². The summed E-state index contributed by atoms with van der Waals surface area (Å²) >= 11 is 0. The lowest BCUT2D eigenvalue weighted by atomic mass is 9.90. The number of hydrogen-bond donors (Lipinski definition) is 1. The number of para-hydroxylation sites is 1. The molecule has 1 spiro atoms. The van der Waals surface area contributed by atoms with Gasteiger partial charge in [-0.2, -0.15) is 18.3 Å². The maximum Gasteiger partial charge on any atom is 0.416 e. The van der Waals surface area contributed by atoms with Gasteiger partial charge in [0.2, 0.25) is 0 Å². The first-order valence-corrected chi connectivity index (χ1v) is 12.2. The number of rotatable bonds is 4. The molecule has 2 aliphatic heterocycles. The Hall–Kier alpha value is -3.85. The summed E-state index contributed by atoms with van der Waals surface area (Å²) in [6.45, 7) is 2.08. The molecule has 0 radical (unpaired) electrons. The molecule has 1 aromatic heterocycles. The largest absolute Gasteiger partial charge is 0.441 e. The number of hydrogen-bond acceptors (Lipinski definition) is 4. The van der Waals surface area contributed by atoms with Crippen LogP contribution >= 0.6 is 0 Å². The predicted molar refractivity (Wildman–Crippen MR) is 134 cm³/mol. The Labute approximate surface area is 211 Å². The topological polar surface area (TPSA) is 61.5 Å². The van der Waals surface area contributed by atoms with E-state index in [0.717, 1.165) is 33.8 Å². The molecule has 190 valence electrons. The molecule has 0 atom stereocenters. The van der Waals surface area contributed by atoms with Crippen LogP contribution in [0.4, 0.5) is 23.7 Å². The van der Waals surface area contributed by atoms with Gasteiger partial charge in [-0.1, -0.05) is 30.3 Å². The predicted octanol–water partition coefficient (Wildman–Crippen LogP) is 6.24. The summed E-state index contributed by atoms with van der Waals surface area (Å²) in [4.78, 5) is 16.4. The van der Waals surface area contributed by atoms with Crippen LogP contribution in [0, 0.1) is 0 Å². The fraction of sp³-hybridized carbons (Fsp3) is 0.286. The fourth-order valence-electron chi connectivity index (χ4n) is 5.34. The van der Waals surface area contributed by atoms with E-state index in [2.05, 4.69) is 15.1 Å². The number of H-pyrrole nitrogens is 1. The number of likely N-dealkylation sites (tertiary alicyclic amines) is 1. The number of carbonyl (C=O) groups is 1. The quantitative estimate of drug-likeness (QED) is 0.356. The van der Waals surface area contributed by atoms with Gasteiger partial charge < -0.3 is 4.74 Å². The van der Waals surface area contributed by atoms with E-state index < -0.39 is 17.3 Å². The Balaban J connectivity index is 1.22. The van der Waals surface area contributed by atoms with Gasteiger partial charge in [0.15, 0.2) is 0 Å². The standard InChI is InChI=1S/C28H25F3N4O2/c29-28(30,31)22-7-8-24(19-6-9-25-20(14-19)16-32-33-25)21(15-22)17-34-12-10-27(11-13-34)18-35(26(36)37-27)23-4-2-1-3-5-23/h1-9,14-16H,10-13,17-18H2,(H,32,33). The molecular formula is C28H25F3N4O2. The molecule has 0 unspecified atom stereocenters. The number of aromatic amines is 1. The Morgan fingerprint density at radius 3 is 2.54 bits per heavy atom. The third-order valence-electron chi connectivity index (χ3n) is 7.38. The summed E-state index contributed by atoms with van der Waals surface area (Å²) < 4.78 is 46.6. The van der Waals surface area contributed by atoms with Crippen molar-refractivity contribution in [1.82, 2.24) is 15.1 Å². The Morgan fingerprint density at radius 1 is 1.00 bits per heavy atom. The van der Waals surface area contributed by atoms with Gasteiger partial charge in [-0.25, -0.2) is 4.79 Å². The molecule has 1 N–H and O–H groups in total. The first kappa shape index (κ1) is 23.5. The molecule has 2 saturated heterocycles. The molecule has 3 aromatic carbocycles. The van der Waals surface area contributed by atoms with Crippen molar-refractivity contribution >= 4 is 22.7 Å². The van der Waals surface area contributed by atoms with Gasteiger partial charge in [-0.15, -0.1) is 0 Å². The van der Waals surface area contributed by atoms with Crippen molar-refractivity contribution < 1.29 is 22.7 Å². The number of anilines is 1. The van der Waals surface area contributed by atoms with Crippen LogP contribution in [-0.2, 0) is 17.5 Å². The van der Waals surface area contributed by atoms with Crippen molar-refractivity contribution in [2.45, 2.75) is 31.2 Å². The van der Waals surface area contributed by atoms with Crippen molar-refractivity contribution in [1.29, 1.82) is 0 Å². The van der Waals surface area contributed by atoms with E-state index in [0.29, 0.717) is 44.6 Å². The second-order valence-electron chi connectivity index (χ2n) is 9.79. The average Bonchev–Trinajstić information content (AvgIpc) is 3.49. The molecule has 0 aliphatic carbocycles. The lowest BCUT2D eigenvalue weighted by molar-refractivity contribution is -0.137. The van der Waals surface area contributed by atoms with Gasteiger partial charge in [0.05, 0.1) is 23.8 Å². The summed E-state index contributed by atoms with van der Waals surface area (Å²) in [5.74, 6) is 0. The van der Waals surface area contributed by atoms with E-state index in [1.807, 2.05) is 48.5 Å². The van der Waals surface area contributed by atoms with Gasteiger partial charge >= 0.3 is 12.3 Å². The summed E-state index contributed by atoms with van der Waals surface area (Å²) in [6, 6.07) is 19.1. The number of nitrogens with zero attached hydrogens (tertiary/aromatic N) is 3. The first-order chi connectivity index (χ1) is 17.8. The maximum absolute atomic E-state index is 13.6. The van der Waals surface area contributed by atoms with Crippen LogP contribution in [0.1, 0.15) is 24.0 Å². The number of ether oxygens (including phenoxy) is 1. The summed E-state index contributed by atoms with van der Waals surface area (Å²) in [5, 5.41) is 7.84. The summed E-state index contributed by atoms with van der Waals surface area (Å²) in [7, 11) is 0. The minimum Gasteiger partial charge on any atom is -0.441 e. The summed E-state index contributed by atoms with van der Waals surface area (Å²) in [6.07, 6.45) is -1.83. The van der Waals surface area contributed by atoms with E-state index in [1.54, 1.807) is 17.2 Å². The molecule has 2 aliphatic rings. The molecule has 0 bridgehead atoms. The highest BCUT2D eigenvalue weighted by atomic mass is 19.4. The number of halogens is 3. The first-order valence-electron chi connectivity index (χ1n) is 12.2. The monoisotopic (exact) mass is 506 g/mol. The number of alkyl halides is 3. The zero-order chi connectivity index (χ0) is 25.6. The highest BCUT2D eigenvalue weighted by Gasteiger charge is 2.47. The van der Waals surface area contributed by atoms with E-state index in [-0.39, 0.29) is 6.09 Å². The van der Waals surface area contributed by atoms with Crippen LogP contribution in [0.15, 0.2) is 72.9 Å². The number of benzene rings is 3. The third kappa shape index (κ3) is 4.55. The van der Waals surface area contributed by atoms with E-state index in [9.17, 15) is 18.0 Å². The molecular weight excluding hydrogens is 481 g/mol. The highest BCUT2D eigenvalue weighted by molar-refractivity contribution is 5.90. The Morgan fingerprint density at radius 2 is 1.78 bits per heavy atom. The molecule has 2 fully saturated rings. The zero-order valence-corrected chi connectivity index (χ0v) is 20.0. The van der Waals surface area contributed by atoms with Gasteiger partial charge in [0, 0.05) is 43.5 Å². The van der Waals surface area contributed by atoms with Gasteiger partial charge in [0.1, 0.15) is 5.60 Å². The van der Waals surface area contributed by atoms with Crippen molar-refractivity contribution in [3.05, 3.63) is 84.1 Å². The van der Waals surface area contributed by atoms with Gasteiger partial charge in [0.25, 0.3) is 0 Å². The molecule has 4 aromatic rings. The number of amides is 1. The molecule has 0 saturated carbocycles. The number of aromatic nitrogens is 2. The van der Waals surface area contributed by atoms with Gasteiger partial charge in [-0.05, 0) is 53.1 Å². The third-order valence-corrected chi connectivity index (χ3v) is 7.38. The molecule has 9 heteroatoms. The Bertz CT molecular complexity index is 1440. The molecule has 3 heterocycles. The van der Waals surface area contributed by atoms with Crippen LogP contribution in [0.25, 0.3) is 22.0 Å². The van der Waals surface area contributed by atoms with Crippen molar-refractivity contribution in [2.24, 2.45) is 0 Å². The number of fused-ring (bicyclic) bond motifs is 1. The van der Waals surface area contributed by atoms with E-state index in [1.165, 1.54) is 6.07 Å². The van der Waals surface area contributed by atoms with Crippen molar-refractivity contribution in [2.75, 3.05) is 24.5 Å². The van der Waals surface area contributed by atoms with Crippen LogP contribution in [0.5, 0.6) is 0 Å². The minimum absolute atomic E-state index is 0.352. The molecule has 1 amide bonds. The van der Waals surface area contributed by atoms with E-state index >= 15 is 0 Å². The van der Waals surface area contributed by atoms with Crippen molar-refractivity contribution in [3.8, 4) is 11.1 Å². The smallest absolute Gasteiger partial charge is 0.416 e. The SMILES string of the molecule is O=C1OC2(CCN(Cc3cc(C(F)(F)F)ccc3-c3ccc4[nH]ncc4c3)CC2)CN1c1ccccc1.